The van der Waals surface area contributed by atoms with Crippen molar-refractivity contribution in [2.45, 2.75) is 0 Å². The van der Waals surface area contributed by atoms with Crippen LogP contribution < -0.4 is 9.46 Å². The number of ether oxygens (including phenoxy) is 1. The van der Waals surface area contributed by atoms with Crippen molar-refractivity contribution in [3.05, 3.63) is 22.7 Å². The predicted molar refractivity (Wildman–Crippen MR) is 61.5 cm³/mol. The van der Waals surface area contributed by atoms with Gasteiger partial charge in [-0.05, 0) is 34.1 Å². The second-order valence-corrected chi connectivity index (χ2v) is 4.28. The standard InChI is InChI=1S/C8H11BrN2O2S/c1-11(12)14-10-6-3-4-8(13-2)7(9)5-6/h3-5,10,12H,1-2H3. The lowest BCUT2D eigenvalue weighted by molar-refractivity contribution is 0.0459. The maximum Gasteiger partial charge on any atom is 0.133 e. The molecular weight excluding hydrogens is 268 g/mol. The molecule has 1 rings (SSSR count). The van der Waals surface area contributed by atoms with Gasteiger partial charge in [0, 0.05) is 12.7 Å². The van der Waals surface area contributed by atoms with Gasteiger partial charge in [-0.25, -0.2) is 0 Å². The highest BCUT2D eigenvalue weighted by molar-refractivity contribution is 9.10. The third kappa shape index (κ3) is 3.38. The van der Waals surface area contributed by atoms with E-state index in [4.69, 9.17) is 9.94 Å². The number of hydrogen-bond acceptors (Lipinski definition) is 5. The predicted octanol–water partition coefficient (Wildman–Crippen LogP) is 2.75. The summed E-state index contributed by atoms with van der Waals surface area (Å²) < 4.78 is 9.88. The highest BCUT2D eigenvalue weighted by Crippen LogP contribution is 2.28. The van der Waals surface area contributed by atoms with Crippen molar-refractivity contribution in [2.24, 2.45) is 0 Å². The first-order valence-electron chi connectivity index (χ1n) is 3.82. The first-order valence-corrected chi connectivity index (χ1v) is 5.39. The zero-order chi connectivity index (χ0) is 10.6. The minimum absolute atomic E-state index is 0.776. The number of nitrogens with zero attached hydrogens (tertiary/aromatic N) is 1. The molecule has 2 N–H and O–H groups in total. The summed E-state index contributed by atoms with van der Waals surface area (Å²) >= 11 is 4.45. The smallest absolute Gasteiger partial charge is 0.133 e. The largest absolute Gasteiger partial charge is 0.496 e. The van der Waals surface area contributed by atoms with Crippen molar-refractivity contribution in [1.29, 1.82) is 0 Å². The van der Waals surface area contributed by atoms with Gasteiger partial charge in [0.15, 0.2) is 0 Å². The fourth-order valence-electron chi connectivity index (χ4n) is 0.849. The van der Waals surface area contributed by atoms with Gasteiger partial charge < -0.3 is 14.7 Å². The number of benzene rings is 1. The Morgan fingerprint density at radius 1 is 1.57 bits per heavy atom. The number of halogens is 1. The Morgan fingerprint density at radius 3 is 2.79 bits per heavy atom. The Kier molecular flexibility index (Phi) is 4.53. The summed E-state index contributed by atoms with van der Waals surface area (Å²) in [7, 11) is 3.15. The van der Waals surface area contributed by atoms with Crippen molar-refractivity contribution in [3.8, 4) is 5.75 Å². The molecule has 14 heavy (non-hydrogen) atoms. The molecule has 1 aromatic carbocycles. The van der Waals surface area contributed by atoms with Gasteiger partial charge in [-0.15, -0.1) is 4.47 Å². The SMILES string of the molecule is COc1ccc(NSN(C)O)cc1Br. The molecule has 78 valence electrons. The minimum atomic E-state index is 0.776. The Balaban J connectivity index is 2.66. The number of nitrogens with one attached hydrogen (secondary N) is 1. The third-order valence-electron chi connectivity index (χ3n) is 1.45. The van der Waals surface area contributed by atoms with Gasteiger partial charge in [-0.2, -0.15) is 0 Å². The number of hydroxylamine groups is 1. The number of rotatable bonds is 4. The summed E-state index contributed by atoms with van der Waals surface area (Å²) in [4.78, 5) is 0. The van der Waals surface area contributed by atoms with Crippen LogP contribution in [-0.4, -0.2) is 23.8 Å². The van der Waals surface area contributed by atoms with Gasteiger partial charge in [-0.1, -0.05) is 0 Å². The Morgan fingerprint density at radius 2 is 2.29 bits per heavy atom. The first kappa shape index (κ1) is 11.6. The van der Waals surface area contributed by atoms with Crippen LogP contribution in [-0.2, 0) is 0 Å². The quantitative estimate of drug-likeness (QED) is 0.655. The van der Waals surface area contributed by atoms with Crippen LogP contribution in [0, 0.1) is 0 Å². The molecule has 0 atom stereocenters. The first-order chi connectivity index (χ1) is 6.63. The van der Waals surface area contributed by atoms with Crippen molar-refractivity contribution in [3.63, 3.8) is 0 Å². The average molecular weight is 279 g/mol. The monoisotopic (exact) mass is 278 g/mol. The number of anilines is 1. The Bertz CT molecular complexity index is 309. The van der Waals surface area contributed by atoms with Gasteiger partial charge in [0.2, 0.25) is 0 Å². The van der Waals surface area contributed by atoms with Crippen LogP contribution in [0.25, 0.3) is 0 Å². The Hall–Kier alpha value is -0.430. The summed E-state index contributed by atoms with van der Waals surface area (Å²) in [5, 5.41) is 8.88. The van der Waals surface area contributed by atoms with Gasteiger partial charge in [0.25, 0.3) is 0 Å². The summed E-state index contributed by atoms with van der Waals surface area (Å²) in [5.41, 5.74) is 0.878. The lowest BCUT2D eigenvalue weighted by atomic mass is 10.3. The van der Waals surface area contributed by atoms with E-state index in [9.17, 15) is 0 Å². The van der Waals surface area contributed by atoms with E-state index in [0.717, 1.165) is 32.5 Å². The molecule has 0 aliphatic rings. The van der Waals surface area contributed by atoms with Crippen LogP contribution in [0.1, 0.15) is 0 Å². The molecule has 1 aromatic rings. The molecule has 0 unspecified atom stereocenters. The fourth-order valence-corrected chi connectivity index (χ4v) is 1.75. The van der Waals surface area contributed by atoms with Gasteiger partial charge in [0.1, 0.15) is 5.75 Å². The molecule has 0 spiro atoms. The maximum absolute atomic E-state index is 8.88. The molecule has 0 saturated heterocycles. The molecule has 0 aliphatic carbocycles. The van der Waals surface area contributed by atoms with Gasteiger partial charge in [-0.3, -0.25) is 0 Å². The lowest BCUT2D eigenvalue weighted by Crippen LogP contribution is -2.04. The molecule has 0 amide bonds. The molecule has 0 radical (unpaired) electrons. The van der Waals surface area contributed by atoms with E-state index in [1.807, 2.05) is 18.2 Å². The molecule has 0 heterocycles. The molecule has 0 aromatic heterocycles. The Labute approximate surface area is 95.6 Å². The van der Waals surface area contributed by atoms with E-state index in [2.05, 4.69) is 20.7 Å². The van der Waals surface area contributed by atoms with Crippen molar-refractivity contribution in [2.75, 3.05) is 18.9 Å². The van der Waals surface area contributed by atoms with Crippen molar-refractivity contribution in [1.82, 2.24) is 4.47 Å². The summed E-state index contributed by atoms with van der Waals surface area (Å²) in [5.74, 6) is 0.776. The zero-order valence-electron chi connectivity index (χ0n) is 7.82. The summed E-state index contributed by atoms with van der Waals surface area (Å²) in [6.45, 7) is 0. The van der Waals surface area contributed by atoms with E-state index < -0.39 is 0 Å². The number of methoxy groups -OCH3 is 1. The minimum Gasteiger partial charge on any atom is -0.496 e. The van der Waals surface area contributed by atoms with Crippen LogP contribution >= 0.6 is 28.1 Å². The summed E-state index contributed by atoms with van der Waals surface area (Å²) in [6, 6.07) is 5.57. The van der Waals surface area contributed by atoms with Crippen molar-refractivity contribution >= 4 is 33.8 Å². The summed E-state index contributed by atoms with van der Waals surface area (Å²) in [6.07, 6.45) is 0. The second kappa shape index (κ2) is 5.45. The van der Waals surface area contributed by atoms with E-state index >= 15 is 0 Å². The van der Waals surface area contributed by atoms with Crippen molar-refractivity contribution < 1.29 is 9.94 Å². The second-order valence-electron chi connectivity index (χ2n) is 2.51. The van der Waals surface area contributed by atoms with Crippen LogP contribution in [0.5, 0.6) is 5.75 Å². The highest BCUT2D eigenvalue weighted by atomic mass is 79.9. The van der Waals surface area contributed by atoms with E-state index in [-0.39, 0.29) is 0 Å². The highest BCUT2D eigenvalue weighted by Gasteiger charge is 2.01. The van der Waals surface area contributed by atoms with E-state index in [0.29, 0.717) is 0 Å². The molecule has 0 fully saturated rings. The maximum atomic E-state index is 8.88. The van der Waals surface area contributed by atoms with Crippen LogP contribution in [0.2, 0.25) is 0 Å². The van der Waals surface area contributed by atoms with Crippen LogP contribution in [0.15, 0.2) is 22.7 Å². The molecule has 0 aliphatic heterocycles. The normalized spacial score (nSPS) is 10.4. The van der Waals surface area contributed by atoms with Gasteiger partial charge >= 0.3 is 0 Å². The molecular formula is C8H11BrN2O2S. The molecule has 0 saturated carbocycles. The lowest BCUT2D eigenvalue weighted by Gasteiger charge is -2.10. The van der Waals surface area contributed by atoms with Crippen LogP contribution in [0.3, 0.4) is 0 Å². The fraction of sp³-hybridized carbons (Fsp3) is 0.250. The molecule has 0 bridgehead atoms. The number of hydrogen-bond donors (Lipinski definition) is 2. The average Bonchev–Trinajstić information content (AvgIpc) is 2.15. The third-order valence-corrected chi connectivity index (χ3v) is 2.66. The topological polar surface area (TPSA) is 44.7 Å². The van der Waals surface area contributed by atoms with E-state index in [1.165, 1.54) is 7.05 Å². The van der Waals surface area contributed by atoms with Gasteiger partial charge in [0.05, 0.1) is 23.7 Å². The zero-order valence-corrected chi connectivity index (χ0v) is 10.2. The molecule has 4 nitrogen and oxygen atoms in total. The van der Waals surface area contributed by atoms with E-state index in [1.54, 1.807) is 7.11 Å². The van der Waals surface area contributed by atoms with Crippen LogP contribution in [0.4, 0.5) is 5.69 Å². The molecule has 6 heteroatoms.